The lowest BCUT2D eigenvalue weighted by Gasteiger charge is -2.21. The second-order valence-electron chi connectivity index (χ2n) is 6.22. The van der Waals surface area contributed by atoms with Crippen molar-refractivity contribution in [1.82, 2.24) is 20.4 Å². The van der Waals surface area contributed by atoms with E-state index >= 15 is 0 Å². The second-order valence-corrected chi connectivity index (χ2v) is 7.04. The average Bonchev–Trinajstić information content (AvgIpc) is 3.18. The van der Waals surface area contributed by atoms with Gasteiger partial charge >= 0.3 is 0 Å². The zero-order valence-electron chi connectivity index (χ0n) is 13.6. The number of carbonyl (C=O) groups is 1. The molecule has 1 aromatic carbocycles. The SMILES string of the molecule is CC(NC(=O)[C@H]1CNC[C@@H]1c1cnn(C)c1)c1ccc(Cl)c(Cl)c1. The Hall–Kier alpha value is -1.56. The summed E-state index contributed by atoms with van der Waals surface area (Å²) in [5.41, 5.74) is 2.02. The number of benzene rings is 1. The first-order chi connectivity index (χ1) is 11.5. The fourth-order valence-corrected chi connectivity index (χ4v) is 3.43. The molecule has 3 atom stereocenters. The number of hydrogen-bond acceptors (Lipinski definition) is 3. The molecule has 1 aliphatic heterocycles. The predicted octanol–water partition coefficient (Wildman–Crippen LogP) is 2.91. The predicted molar refractivity (Wildman–Crippen MR) is 95.3 cm³/mol. The van der Waals surface area contributed by atoms with Gasteiger partial charge in [0, 0.05) is 32.3 Å². The highest BCUT2D eigenvalue weighted by molar-refractivity contribution is 6.42. The van der Waals surface area contributed by atoms with E-state index in [0.29, 0.717) is 16.6 Å². The van der Waals surface area contributed by atoms with Gasteiger partial charge in [-0.2, -0.15) is 5.10 Å². The van der Waals surface area contributed by atoms with Crippen LogP contribution >= 0.6 is 23.2 Å². The van der Waals surface area contributed by atoms with Gasteiger partial charge in [-0.05, 0) is 30.2 Å². The summed E-state index contributed by atoms with van der Waals surface area (Å²) in [5.74, 6) is 0.0616. The molecule has 7 heteroatoms. The van der Waals surface area contributed by atoms with Crippen molar-refractivity contribution < 1.29 is 4.79 Å². The van der Waals surface area contributed by atoms with Crippen molar-refractivity contribution in [3.63, 3.8) is 0 Å². The van der Waals surface area contributed by atoms with Gasteiger partial charge in [0.25, 0.3) is 0 Å². The van der Waals surface area contributed by atoms with Gasteiger partial charge in [-0.3, -0.25) is 9.48 Å². The Labute approximate surface area is 151 Å². The maximum absolute atomic E-state index is 12.7. The van der Waals surface area contributed by atoms with Crippen molar-refractivity contribution in [1.29, 1.82) is 0 Å². The molecule has 1 amide bonds. The lowest BCUT2D eigenvalue weighted by Crippen LogP contribution is -2.36. The zero-order chi connectivity index (χ0) is 17.3. The Balaban J connectivity index is 1.70. The van der Waals surface area contributed by atoms with Gasteiger partial charge in [0.15, 0.2) is 0 Å². The first-order valence-electron chi connectivity index (χ1n) is 7.90. The highest BCUT2D eigenvalue weighted by atomic mass is 35.5. The van der Waals surface area contributed by atoms with Crippen LogP contribution in [0.25, 0.3) is 0 Å². The van der Waals surface area contributed by atoms with Gasteiger partial charge in [0.1, 0.15) is 0 Å². The van der Waals surface area contributed by atoms with Gasteiger partial charge in [0.2, 0.25) is 5.91 Å². The third-order valence-electron chi connectivity index (χ3n) is 4.51. The molecule has 128 valence electrons. The number of amides is 1. The molecule has 0 spiro atoms. The lowest BCUT2D eigenvalue weighted by molar-refractivity contribution is -0.125. The topological polar surface area (TPSA) is 59.0 Å². The van der Waals surface area contributed by atoms with E-state index in [1.54, 1.807) is 16.8 Å². The van der Waals surface area contributed by atoms with Crippen molar-refractivity contribution >= 4 is 29.1 Å². The monoisotopic (exact) mass is 366 g/mol. The van der Waals surface area contributed by atoms with E-state index in [9.17, 15) is 4.79 Å². The number of nitrogens with zero attached hydrogens (tertiary/aromatic N) is 2. The van der Waals surface area contributed by atoms with Crippen LogP contribution in [0.4, 0.5) is 0 Å². The summed E-state index contributed by atoms with van der Waals surface area (Å²) in [5, 5.41) is 11.6. The largest absolute Gasteiger partial charge is 0.349 e. The number of hydrogen-bond donors (Lipinski definition) is 2. The second kappa shape index (κ2) is 7.13. The molecule has 1 aromatic heterocycles. The van der Waals surface area contributed by atoms with Crippen LogP contribution in [0, 0.1) is 5.92 Å². The molecule has 0 bridgehead atoms. The number of carbonyl (C=O) groups excluding carboxylic acids is 1. The van der Waals surface area contributed by atoms with Gasteiger partial charge in [-0.1, -0.05) is 29.3 Å². The van der Waals surface area contributed by atoms with Crippen LogP contribution in [0.15, 0.2) is 30.6 Å². The highest BCUT2D eigenvalue weighted by Gasteiger charge is 2.35. The Kier molecular flexibility index (Phi) is 5.13. The third-order valence-corrected chi connectivity index (χ3v) is 5.25. The van der Waals surface area contributed by atoms with E-state index in [2.05, 4.69) is 15.7 Å². The number of rotatable bonds is 4. The van der Waals surface area contributed by atoms with Crippen LogP contribution in [0.2, 0.25) is 10.0 Å². The summed E-state index contributed by atoms with van der Waals surface area (Å²) in [6, 6.07) is 5.28. The van der Waals surface area contributed by atoms with Gasteiger partial charge in [0.05, 0.1) is 28.2 Å². The van der Waals surface area contributed by atoms with E-state index < -0.39 is 0 Å². The molecule has 0 aliphatic carbocycles. The normalized spacial score (nSPS) is 21.7. The maximum atomic E-state index is 12.7. The fourth-order valence-electron chi connectivity index (χ4n) is 3.12. The van der Waals surface area contributed by atoms with Crippen molar-refractivity contribution in [2.75, 3.05) is 13.1 Å². The van der Waals surface area contributed by atoms with E-state index in [0.717, 1.165) is 17.7 Å². The zero-order valence-corrected chi connectivity index (χ0v) is 15.1. The molecule has 1 unspecified atom stereocenters. The summed E-state index contributed by atoms with van der Waals surface area (Å²) in [6.07, 6.45) is 3.81. The maximum Gasteiger partial charge on any atom is 0.225 e. The third kappa shape index (κ3) is 3.58. The highest BCUT2D eigenvalue weighted by Crippen LogP contribution is 2.29. The first-order valence-corrected chi connectivity index (χ1v) is 8.66. The first kappa shape index (κ1) is 17.3. The average molecular weight is 367 g/mol. The van der Waals surface area contributed by atoms with Crippen molar-refractivity contribution in [2.24, 2.45) is 13.0 Å². The minimum atomic E-state index is -0.137. The fraction of sp³-hybridized carbons (Fsp3) is 0.412. The molecule has 0 saturated carbocycles. The lowest BCUT2D eigenvalue weighted by atomic mass is 9.90. The molecule has 1 aliphatic rings. The molecular formula is C17H20Cl2N4O. The number of aryl methyl sites for hydroxylation is 1. The van der Waals surface area contributed by atoms with Crippen molar-refractivity contribution in [3.8, 4) is 0 Å². The Morgan fingerprint density at radius 3 is 2.83 bits per heavy atom. The Morgan fingerprint density at radius 1 is 1.38 bits per heavy atom. The minimum absolute atomic E-state index is 0.0347. The van der Waals surface area contributed by atoms with Gasteiger partial charge < -0.3 is 10.6 Å². The molecule has 2 heterocycles. The van der Waals surface area contributed by atoms with E-state index in [4.69, 9.17) is 23.2 Å². The number of aromatic nitrogens is 2. The summed E-state index contributed by atoms with van der Waals surface area (Å²) < 4.78 is 1.76. The summed E-state index contributed by atoms with van der Waals surface area (Å²) >= 11 is 12.0. The van der Waals surface area contributed by atoms with Crippen LogP contribution < -0.4 is 10.6 Å². The molecule has 3 rings (SSSR count). The van der Waals surface area contributed by atoms with Crippen LogP contribution in [-0.2, 0) is 11.8 Å². The molecule has 24 heavy (non-hydrogen) atoms. The quantitative estimate of drug-likeness (QED) is 0.874. The van der Waals surface area contributed by atoms with Crippen molar-refractivity contribution in [2.45, 2.75) is 18.9 Å². The summed E-state index contributed by atoms with van der Waals surface area (Å²) in [7, 11) is 1.88. The number of nitrogens with one attached hydrogen (secondary N) is 2. The standard InChI is InChI=1S/C17H20Cl2N4O/c1-10(11-3-4-15(18)16(19)5-11)22-17(24)14-8-20-7-13(14)12-6-21-23(2)9-12/h3-6,9-10,13-14,20H,7-8H2,1-2H3,(H,22,24)/t10?,13-,14+/m1/s1. The van der Waals surface area contributed by atoms with Crippen LogP contribution in [-0.4, -0.2) is 28.8 Å². The minimum Gasteiger partial charge on any atom is -0.349 e. The Bertz CT molecular complexity index is 746. The molecule has 2 N–H and O–H groups in total. The molecule has 1 saturated heterocycles. The summed E-state index contributed by atoms with van der Waals surface area (Å²) in [4.78, 5) is 12.7. The Morgan fingerprint density at radius 2 is 2.17 bits per heavy atom. The van der Waals surface area contributed by atoms with E-state index in [1.165, 1.54) is 0 Å². The van der Waals surface area contributed by atoms with Crippen LogP contribution in [0.3, 0.4) is 0 Å². The molecule has 2 aromatic rings. The summed E-state index contributed by atoms with van der Waals surface area (Å²) in [6.45, 7) is 3.39. The molecule has 5 nitrogen and oxygen atoms in total. The molecular weight excluding hydrogens is 347 g/mol. The molecule has 1 fully saturated rings. The van der Waals surface area contributed by atoms with E-state index in [-0.39, 0.29) is 23.8 Å². The van der Waals surface area contributed by atoms with Gasteiger partial charge in [-0.15, -0.1) is 0 Å². The van der Waals surface area contributed by atoms with Crippen molar-refractivity contribution in [3.05, 3.63) is 51.8 Å². The van der Waals surface area contributed by atoms with Crippen LogP contribution in [0.5, 0.6) is 0 Å². The molecule has 0 radical (unpaired) electrons. The smallest absolute Gasteiger partial charge is 0.225 e. The number of halogens is 2. The van der Waals surface area contributed by atoms with Crippen LogP contribution in [0.1, 0.15) is 30.0 Å². The van der Waals surface area contributed by atoms with E-state index in [1.807, 2.05) is 32.4 Å². The van der Waals surface area contributed by atoms with Gasteiger partial charge in [-0.25, -0.2) is 0 Å².